The van der Waals surface area contributed by atoms with Crippen LogP contribution in [0.2, 0.25) is 0 Å². The quantitative estimate of drug-likeness (QED) is 0.852. The first-order valence-electron chi connectivity index (χ1n) is 4.40. The molecule has 1 aromatic heterocycles. The number of primary sulfonamides is 1. The average Bonchev–Trinajstić information content (AvgIpc) is 2.55. The summed E-state index contributed by atoms with van der Waals surface area (Å²) in [6.45, 7) is 0.617. The Labute approximate surface area is 101 Å². The van der Waals surface area contributed by atoms with Gasteiger partial charge in [-0.1, -0.05) is 0 Å². The molecule has 0 saturated carbocycles. The topological polar surface area (TPSA) is 89.3 Å². The standard InChI is InChI=1S/C8H10F2N2O3S2/c1-4-5(7(13)12-2-6(9)10)3-16-8(4)17(11,14)15/h3,6H,2H2,1H3,(H,12,13)(H2,11,14,15). The summed E-state index contributed by atoms with van der Waals surface area (Å²) in [7, 11) is -3.89. The van der Waals surface area contributed by atoms with E-state index in [9.17, 15) is 22.0 Å². The Morgan fingerprint density at radius 3 is 2.59 bits per heavy atom. The number of carbonyl (C=O) groups excluding carboxylic acids is 1. The molecule has 0 bridgehead atoms. The Bertz CT molecular complexity index is 525. The lowest BCUT2D eigenvalue weighted by atomic mass is 10.2. The van der Waals surface area contributed by atoms with E-state index in [1.165, 1.54) is 12.3 Å². The van der Waals surface area contributed by atoms with Crippen LogP contribution in [-0.2, 0) is 10.0 Å². The van der Waals surface area contributed by atoms with Crippen LogP contribution in [0.25, 0.3) is 0 Å². The van der Waals surface area contributed by atoms with Gasteiger partial charge in [-0.05, 0) is 12.5 Å². The SMILES string of the molecule is Cc1c(C(=O)NCC(F)F)csc1S(N)(=O)=O. The zero-order chi connectivity index (χ0) is 13.2. The van der Waals surface area contributed by atoms with Gasteiger partial charge in [0.05, 0.1) is 12.1 Å². The predicted molar refractivity (Wildman–Crippen MR) is 58.8 cm³/mol. The van der Waals surface area contributed by atoms with E-state index in [1.807, 2.05) is 5.32 Å². The maximum atomic E-state index is 11.9. The molecule has 1 amide bonds. The third-order valence-corrected chi connectivity index (χ3v) is 4.60. The molecule has 0 atom stereocenters. The summed E-state index contributed by atoms with van der Waals surface area (Å²) in [6, 6.07) is 0. The van der Waals surface area contributed by atoms with Gasteiger partial charge in [0.2, 0.25) is 10.0 Å². The molecule has 0 unspecified atom stereocenters. The van der Waals surface area contributed by atoms with Crippen molar-refractivity contribution >= 4 is 27.3 Å². The van der Waals surface area contributed by atoms with Gasteiger partial charge < -0.3 is 5.32 Å². The largest absolute Gasteiger partial charge is 0.346 e. The molecule has 5 nitrogen and oxygen atoms in total. The molecule has 0 spiro atoms. The van der Waals surface area contributed by atoms with Crippen LogP contribution in [0.4, 0.5) is 8.78 Å². The summed E-state index contributed by atoms with van der Waals surface area (Å²) < 4.78 is 45.8. The fourth-order valence-electron chi connectivity index (χ4n) is 1.17. The zero-order valence-corrected chi connectivity index (χ0v) is 10.4. The third kappa shape index (κ3) is 3.45. The van der Waals surface area contributed by atoms with Gasteiger partial charge in [0, 0.05) is 5.38 Å². The van der Waals surface area contributed by atoms with Crippen molar-refractivity contribution in [2.24, 2.45) is 5.14 Å². The van der Waals surface area contributed by atoms with Gasteiger partial charge in [-0.2, -0.15) is 0 Å². The summed E-state index contributed by atoms with van der Waals surface area (Å²) in [5.41, 5.74) is 0.212. The molecule has 0 aromatic carbocycles. The highest BCUT2D eigenvalue weighted by atomic mass is 32.2. The fraction of sp³-hybridized carbons (Fsp3) is 0.375. The van der Waals surface area contributed by atoms with Gasteiger partial charge >= 0.3 is 0 Å². The second kappa shape index (κ2) is 5.07. The molecule has 1 rings (SSSR count). The van der Waals surface area contributed by atoms with Gasteiger partial charge in [-0.15, -0.1) is 11.3 Å². The van der Waals surface area contributed by atoms with Gasteiger partial charge in [-0.3, -0.25) is 4.79 Å². The van der Waals surface area contributed by atoms with Gasteiger partial charge in [-0.25, -0.2) is 22.3 Å². The van der Waals surface area contributed by atoms with E-state index in [0.29, 0.717) is 0 Å². The van der Waals surface area contributed by atoms with Crippen molar-refractivity contribution in [3.63, 3.8) is 0 Å². The van der Waals surface area contributed by atoms with E-state index in [-0.39, 0.29) is 15.3 Å². The Balaban J connectivity index is 2.94. The number of carbonyl (C=O) groups is 1. The Morgan fingerprint density at radius 2 is 2.18 bits per heavy atom. The third-order valence-electron chi connectivity index (χ3n) is 1.91. The number of nitrogens with two attached hydrogens (primary N) is 1. The van der Waals surface area contributed by atoms with E-state index in [2.05, 4.69) is 0 Å². The molecule has 1 heterocycles. The van der Waals surface area contributed by atoms with Crippen LogP contribution in [-0.4, -0.2) is 27.3 Å². The van der Waals surface area contributed by atoms with E-state index in [4.69, 9.17) is 5.14 Å². The maximum absolute atomic E-state index is 11.9. The molecule has 0 radical (unpaired) electrons. The van der Waals surface area contributed by atoms with Crippen LogP contribution >= 0.6 is 11.3 Å². The van der Waals surface area contributed by atoms with Crippen LogP contribution in [0.5, 0.6) is 0 Å². The van der Waals surface area contributed by atoms with E-state index >= 15 is 0 Å². The highest BCUT2D eigenvalue weighted by molar-refractivity contribution is 7.91. The van der Waals surface area contributed by atoms with E-state index in [0.717, 1.165) is 11.3 Å². The number of hydrogen-bond donors (Lipinski definition) is 2. The van der Waals surface area contributed by atoms with Crippen LogP contribution in [0.15, 0.2) is 9.59 Å². The highest BCUT2D eigenvalue weighted by Gasteiger charge is 2.21. The molecular formula is C8H10F2N2O3S2. The van der Waals surface area contributed by atoms with Gasteiger partial charge in [0.1, 0.15) is 4.21 Å². The molecular weight excluding hydrogens is 274 g/mol. The second-order valence-corrected chi connectivity index (χ2v) is 5.84. The first kappa shape index (κ1) is 14.0. The summed E-state index contributed by atoms with van der Waals surface area (Å²) in [5, 5.41) is 8.18. The number of amides is 1. The minimum atomic E-state index is -3.89. The monoisotopic (exact) mass is 284 g/mol. The number of nitrogens with one attached hydrogen (secondary N) is 1. The lowest BCUT2D eigenvalue weighted by Crippen LogP contribution is -2.28. The second-order valence-electron chi connectivity index (χ2n) is 3.21. The van der Waals surface area contributed by atoms with E-state index in [1.54, 1.807) is 0 Å². The lowest BCUT2D eigenvalue weighted by molar-refractivity contribution is 0.0891. The van der Waals surface area contributed by atoms with Crippen molar-refractivity contribution in [1.29, 1.82) is 0 Å². The van der Waals surface area contributed by atoms with Crippen molar-refractivity contribution in [2.75, 3.05) is 6.54 Å². The number of hydrogen-bond acceptors (Lipinski definition) is 4. The Morgan fingerprint density at radius 1 is 1.59 bits per heavy atom. The summed E-state index contributed by atoms with van der Waals surface area (Å²) in [6.07, 6.45) is -2.66. The number of thiophene rings is 1. The first-order chi connectivity index (χ1) is 7.73. The first-order valence-corrected chi connectivity index (χ1v) is 6.83. The summed E-state index contributed by atoms with van der Waals surface area (Å²) in [4.78, 5) is 11.4. The molecule has 96 valence electrons. The van der Waals surface area contributed by atoms with Crippen molar-refractivity contribution in [1.82, 2.24) is 5.32 Å². The predicted octanol–water partition coefficient (Wildman–Crippen LogP) is 0.699. The smallest absolute Gasteiger partial charge is 0.255 e. The van der Waals surface area contributed by atoms with Crippen molar-refractivity contribution in [2.45, 2.75) is 17.6 Å². The Hall–Kier alpha value is -1.06. The van der Waals surface area contributed by atoms with Crippen molar-refractivity contribution in [3.05, 3.63) is 16.5 Å². The molecule has 0 aliphatic carbocycles. The van der Waals surface area contributed by atoms with E-state index < -0.39 is 28.9 Å². The molecule has 0 aliphatic rings. The minimum Gasteiger partial charge on any atom is -0.346 e. The minimum absolute atomic E-state index is 0.0414. The molecule has 0 fully saturated rings. The number of sulfonamides is 1. The van der Waals surface area contributed by atoms with Gasteiger partial charge in [0.15, 0.2) is 0 Å². The van der Waals surface area contributed by atoms with Crippen LogP contribution < -0.4 is 10.5 Å². The molecule has 9 heteroatoms. The Kier molecular flexibility index (Phi) is 4.17. The molecule has 17 heavy (non-hydrogen) atoms. The highest BCUT2D eigenvalue weighted by Crippen LogP contribution is 2.25. The molecule has 3 N–H and O–H groups in total. The number of halogens is 2. The molecule has 0 saturated heterocycles. The van der Waals surface area contributed by atoms with Crippen LogP contribution in [0, 0.1) is 6.92 Å². The van der Waals surface area contributed by atoms with Crippen LogP contribution in [0.3, 0.4) is 0 Å². The maximum Gasteiger partial charge on any atom is 0.255 e. The summed E-state index contributed by atoms with van der Waals surface area (Å²) >= 11 is 0.784. The average molecular weight is 284 g/mol. The number of rotatable bonds is 4. The number of alkyl halides is 2. The van der Waals surface area contributed by atoms with Crippen molar-refractivity contribution < 1.29 is 22.0 Å². The molecule has 0 aliphatic heterocycles. The summed E-state index contributed by atoms with van der Waals surface area (Å²) in [5.74, 6) is -0.742. The zero-order valence-electron chi connectivity index (χ0n) is 8.74. The molecule has 1 aromatic rings. The normalized spacial score (nSPS) is 11.8. The fourth-order valence-corrected chi connectivity index (χ4v) is 3.18. The lowest BCUT2D eigenvalue weighted by Gasteiger charge is -2.03. The van der Waals surface area contributed by atoms with Crippen LogP contribution in [0.1, 0.15) is 15.9 Å². The van der Waals surface area contributed by atoms with Crippen molar-refractivity contribution in [3.8, 4) is 0 Å². The van der Waals surface area contributed by atoms with Gasteiger partial charge in [0.25, 0.3) is 12.3 Å².